The number of hydrogen-bond donors (Lipinski definition) is 1. The van der Waals surface area contributed by atoms with Gasteiger partial charge in [0.25, 0.3) is 0 Å². The van der Waals surface area contributed by atoms with Crippen molar-refractivity contribution in [1.29, 1.82) is 0 Å². The molecule has 0 atom stereocenters. The van der Waals surface area contributed by atoms with Gasteiger partial charge in [-0.3, -0.25) is 0 Å². The quantitative estimate of drug-likeness (QED) is 0.921. The number of aromatic nitrogens is 1. The first-order chi connectivity index (χ1) is 8.61. The Balaban J connectivity index is 2.31. The third-order valence-electron chi connectivity index (χ3n) is 2.66. The number of nitrogens with one attached hydrogen (secondary N) is 1. The van der Waals surface area contributed by atoms with Crippen LogP contribution in [0.3, 0.4) is 0 Å². The second-order valence-corrected chi connectivity index (χ2v) is 5.00. The van der Waals surface area contributed by atoms with Gasteiger partial charge in [0.05, 0.1) is 10.7 Å². The highest BCUT2D eigenvalue weighted by molar-refractivity contribution is 7.09. The Labute approximate surface area is 109 Å². The summed E-state index contributed by atoms with van der Waals surface area (Å²) in [7, 11) is 1.86. The van der Waals surface area contributed by atoms with E-state index in [1.165, 1.54) is 23.5 Å². The number of thiazole rings is 1. The van der Waals surface area contributed by atoms with Crippen LogP contribution >= 0.6 is 11.3 Å². The van der Waals surface area contributed by atoms with Gasteiger partial charge in [-0.2, -0.15) is 0 Å². The van der Waals surface area contributed by atoms with Gasteiger partial charge in [0, 0.05) is 23.9 Å². The molecule has 18 heavy (non-hydrogen) atoms. The predicted molar refractivity (Wildman–Crippen MR) is 69.8 cm³/mol. The fourth-order valence-corrected chi connectivity index (χ4v) is 2.42. The second-order valence-electron chi connectivity index (χ2n) is 4.06. The molecule has 5 heteroatoms. The lowest BCUT2D eigenvalue weighted by Crippen LogP contribution is -2.09. The van der Waals surface area contributed by atoms with E-state index in [0.29, 0.717) is 11.3 Å². The summed E-state index contributed by atoms with van der Waals surface area (Å²) in [5, 5.41) is 5.70. The monoisotopic (exact) mass is 268 g/mol. The summed E-state index contributed by atoms with van der Waals surface area (Å²) in [6.07, 6.45) is 0.789. The van der Waals surface area contributed by atoms with E-state index in [-0.39, 0.29) is 5.56 Å². The molecular formula is C13H14F2N2S. The van der Waals surface area contributed by atoms with Crippen molar-refractivity contribution in [2.45, 2.75) is 13.3 Å². The minimum absolute atomic E-state index is 0.227. The summed E-state index contributed by atoms with van der Waals surface area (Å²) < 4.78 is 27.2. The van der Waals surface area contributed by atoms with Crippen molar-refractivity contribution in [3.63, 3.8) is 0 Å². The Morgan fingerprint density at radius 3 is 2.78 bits per heavy atom. The first-order valence-electron chi connectivity index (χ1n) is 5.67. The van der Waals surface area contributed by atoms with Crippen LogP contribution in [0, 0.1) is 18.6 Å². The molecule has 1 N–H and O–H groups in total. The molecule has 0 saturated carbocycles. The highest BCUT2D eigenvalue weighted by Crippen LogP contribution is 2.26. The van der Waals surface area contributed by atoms with E-state index in [1.807, 2.05) is 7.05 Å². The zero-order valence-corrected chi connectivity index (χ0v) is 11.1. The standard InChI is InChI=1S/C13H14F2N2S/c1-8-5-11(15)9(6-10(8)14)12-7-18-13(17-12)3-4-16-2/h5-7,16H,3-4H2,1-2H3. The summed E-state index contributed by atoms with van der Waals surface area (Å²) in [4.78, 5) is 4.32. The average Bonchev–Trinajstić information content (AvgIpc) is 2.79. The number of aryl methyl sites for hydroxylation is 1. The third kappa shape index (κ3) is 2.73. The Morgan fingerprint density at radius 1 is 1.28 bits per heavy atom. The SMILES string of the molecule is CNCCc1nc(-c2cc(F)c(C)cc2F)cs1. The summed E-state index contributed by atoms with van der Waals surface area (Å²) >= 11 is 1.46. The summed E-state index contributed by atoms with van der Waals surface area (Å²) in [6, 6.07) is 2.42. The van der Waals surface area contributed by atoms with Gasteiger partial charge in [-0.25, -0.2) is 13.8 Å². The van der Waals surface area contributed by atoms with Crippen molar-refractivity contribution in [2.24, 2.45) is 0 Å². The van der Waals surface area contributed by atoms with E-state index in [4.69, 9.17) is 0 Å². The van der Waals surface area contributed by atoms with Crippen molar-refractivity contribution in [3.05, 3.63) is 39.7 Å². The van der Waals surface area contributed by atoms with Crippen LogP contribution in [0.25, 0.3) is 11.3 Å². The van der Waals surface area contributed by atoms with Gasteiger partial charge in [0.2, 0.25) is 0 Å². The molecule has 96 valence electrons. The smallest absolute Gasteiger partial charge is 0.133 e. The summed E-state index contributed by atoms with van der Waals surface area (Å²) in [5.74, 6) is -0.837. The van der Waals surface area contributed by atoms with E-state index < -0.39 is 11.6 Å². The molecule has 0 amide bonds. The van der Waals surface area contributed by atoms with Gasteiger partial charge >= 0.3 is 0 Å². The molecule has 0 aliphatic heterocycles. The first kappa shape index (κ1) is 13.1. The highest BCUT2D eigenvalue weighted by atomic mass is 32.1. The van der Waals surface area contributed by atoms with E-state index in [1.54, 1.807) is 12.3 Å². The maximum atomic E-state index is 13.8. The number of nitrogens with zero attached hydrogens (tertiary/aromatic N) is 1. The topological polar surface area (TPSA) is 24.9 Å². The molecule has 2 aromatic rings. The fourth-order valence-electron chi connectivity index (χ4n) is 1.62. The number of rotatable bonds is 4. The van der Waals surface area contributed by atoms with E-state index in [2.05, 4.69) is 10.3 Å². The van der Waals surface area contributed by atoms with Crippen LogP contribution < -0.4 is 5.32 Å². The molecular weight excluding hydrogens is 254 g/mol. The highest BCUT2D eigenvalue weighted by Gasteiger charge is 2.12. The predicted octanol–water partition coefficient (Wildman–Crippen LogP) is 3.16. The van der Waals surface area contributed by atoms with Crippen LogP contribution in [0.15, 0.2) is 17.5 Å². The molecule has 0 radical (unpaired) electrons. The molecule has 0 saturated heterocycles. The molecule has 0 unspecified atom stereocenters. The molecule has 2 nitrogen and oxygen atoms in total. The molecule has 0 aliphatic carbocycles. The van der Waals surface area contributed by atoms with Crippen LogP contribution in [-0.2, 0) is 6.42 Å². The number of likely N-dealkylation sites (N-methyl/N-ethyl adjacent to an activating group) is 1. The lowest BCUT2D eigenvalue weighted by Gasteiger charge is -2.02. The largest absolute Gasteiger partial charge is 0.319 e. The second kappa shape index (κ2) is 5.54. The maximum absolute atomic E-state index is 13.8. The Kier molecular flexibility index (Phi) is 4.04. The Morgan fingerprint density at radius 2 is 2.06 bits per heavy atom. The van der Waals surface area contributed by atoms with Gasteiger partial charge in [-0.1, -0.05) is 0 Å². The van der Waals surface area contributed by atoms with Crippen LogP contribution in [0.2, 0.25) is 0 Å². The molecule has 0 aliphatic rings. The lowest BCUT2D eigenvalue weighted by molar-refractivity contribution is 0.595. The molecule has 1 heterocycles. The number of hydrogen-bond acceptors (Lipinski definition) is 3. The normalized spacial score (nSPS) is 10.9. The molecule has 0 bridgehead atoms. The van der Waals surface area contributed by atoms with E-state index in [9.17, 15) is 8.78 Å². The molecule has 1 aromatic carbocycles. The van der Waals surface area contributed by atoms with Gasteiger partial charge in [0.15, 0.2) is 0 Å². The third-order valence-corrected chi connectivity index (χ3v) is 3.57. The fraction of sp³-hybridized carbons (Fsp3) is 0.308. The van der Waals surface area contributed by atoms with Crippen molar-refractivity contribution < 1.29 is 8.78 Å². The van der Waals surface area contributed by atoms with E-state index >= 15 is 0 Å². The lowest BCUT2D eigenvalue weighted by atomic mass is 10.1. The zero-order chi connectivity index (χ0) is 13.1. The van der Waals surface area contributed by atoms with Gasteiger partial charge < -0.3 is 5.32 Å². The number of halogens is 2. The van der Waals surface area contributed by atoms with Crippen molar-refractivity contribution in [3.8, 4) is 11.3 Å². The van der Waals surface area contributed by atoms with Gasteiger partial charge in [-0.15, -0.1) is 11.3 Å². The van der Waals surface area contributed by atoms with Crippen LogP contribution in [-0.4, -0.2) is 18.6 Å². The minimum atomic E-state index is -0.431. The van der Waals surface area contributed by atoms with Crippen LogP contribution in [0.5, 0.6) is 0 Å². The Bertz CT molecular complexity index is 552. The molecule has 1 aromatic heterocycles. The van der Waals surface area contributed by atoms with Gasteiger partial charge in [0.1, 0.15) is 11.6 Å². The average molecular weight is 268 g/mol. The number of benzene rings is 1. The molecule has 2 rings (SSSR count). The van der Waals surface area contributed by atoms with Gasteiger partial charge in [-0.05, 0) is 31.7 Å². The Hall–Kier alpha value is -1.33. The summed E-state index contributed by atoms with van der Waals surface area (Å²) in [5.41, 5.74) is 1.04. The van der Waals surface area contributed by atoms with Crippen molar-refractivity contribution in [2.75, 3.05) is 13.6 Å². The minimum Gasteiger partial charge on any atom is -0.319 e. The maximum Gasteiger partial charge on any atom is 0.133 e. The molecule has 0 fully saturated rings. The van der Waals surface area contributed by atoms with Crippen molar-refractivity contribution >= 4 is 11.3 Å². The van der Waals surface area contributed by atoms with Crippen molar-refractivity contribution in [1.82, 2.24) is 10.3 Å². The molecule has 0 spiro atoms. The van der Waals surface area contributed by atoms with Crippen LogP contribution in [0.1, 0.15) is 10.6 Å². The zero-order valence-electron chi connectivity index (χ0n) is 10.3. The van der Waals surface area contributed by atoms with Crippen LogP contribution in [0.4, 0.5) is 8.78 Å². The summed E-state index contributed by atoms with van der Waals surface area (Å²) in [6.45, 7) is 2.36. The first-order valence-corrected chi connectivity index (χ1v) is 6.55. The van der Waals surface area contributed by atoms with E-state index in [0.717, 1.165) is 18.0 Å².